The molecular weight excluding hydrogens is 461 g/mol. The molecule has 10 heteroatoms. The van der Waals surface area contributed by atoms with Crippen molar-refractivity contribution in [2.45, 2.75) is 26.5 Å². The van der Waals surface area contributed by atoms with Gasteiger partial charge in [0.15, 0.2) is 17.5 Å². The fraction of sp³-hybridized carbons (Fsp3) is 0.160. The van der Waals surface area contributed by atoms with Crippen LogP contribution in [0.25, 0.3) is 0 Å². The molecule has 4 aromatic rings. The van der Waals surface area contributed by atoms with Crippen molar-refractivity contribution in [1.82, 2.24) is 14.8 Å². The Bertz CT molecular complexity index is 1360. The SMILES string of the molecule is Cc1cc(NC(=O)Cc2ccccn2)nn1Cc1cc(O)ccc1OCc1cc(F)c(F)cc1F. The minimum Gasteiger partial charge on any atom is -0.508 e. The van der Waals surface area contributed by atoms with E-state index in [0.717, 1.165) is 11.8 Å². The van der Waals surface area contributed by atoms with Crippen molar-refractivity contribution in [2.24, 2.45) is 0 Å². The number of amides is 1. The van der Waals surface area contributed by atoms with Crippen molar-refractivity contribution in [1.29, 1.82) is 0 Å². The molecule has 0 bridgehead atoms. The predicted molar refractivity (Wildman–Crippen MR) is 121 cm³/mol. The topological polar surface area (TPSA) is 89.3 Å². The van der Waals surface area contributed by atoms with E-state index in [1.165, 1.54) is 18.2 Å². The zero-order chi connectivity index (χ0) is 24.9. The Morgan fingerprint density at radius 3 is 2.60 bits per heavy atom. The Kier molecular flexibility index (Phi) is 7.00. The number of phenolic OH excluding ortho intramolecular Hbond substituents is 1. The molecule has 0 saturated heterocycles. The Hall–Kier alpha value is -4.34. The molecule has 7 nitrogen and oxygen atoms in total. The lowest BCUT2D eigenvalue weighted by molar-refractivity contribution is -0.115. The fourth-order valence-electron chi connectivity index (χ4n) is 3.41. The van der Waals surface area contributed by atoms with Crippen molar-refractivity contribution in [3.8, 4) is 11.5 Å². The van der Waals surface area contributed by atoms with E-state index in [2.05, 4.69) is 15.4 Å². The maximum absolute atomic E-state index is 14.0. The number of hydrogen-bond acceptors (Lipinski definition) is 5. The van der Waals surface area contributed by atoms with Crippen LogP contribution < -0.4 is 10.1 Å². The third-order valence-corrected chi connectivity index (χ3v) is 5.15. The monoisotopic (exact) mass is 482 g/mol. The van der Waals surface area contributed by atoms with E-state index in [0.29, 0.717) is 28.9 Å². The summed E-state index contributed by atoms with van der Waals surface area (Å²) in [5.74, 6) is -3.06. The number of carbonyl (C=O) groups excluding carboxylic acids is 1. The van der Waals surface area contributed by atoms with Crippen molar-refractivity contribution in [3.63, 3.8) is 0 Å². The summed E-state index contributed by atoms with van der Waals surface area (Å²) in [6, 6.07) is 12.5. The quantitative estimate of drug-likeness (QED) is 0.361. The van der Waals surface area contributed by atoms with Crippen LogP contribution in [0, 0.1) is 24.4 Å². The molecule has 2 N–H and O–H groups in total. The standard InChI is InChI=1S/C25H21F3N4O3/c1-15-8-24(30-25(34)11-18-4-2-3-7-29-18)31-32(15)13-16-9-19(33)5-6-23(16)35-14-17-10-21(27)22(28)12-20(17)26/h2-10,12,33H,11,13-14H2,1H3,(H,30,31,34). The number of hydrogen-bond donors (Lipinski definition) is 2. The molecule has 0 saturated carbocycles. The van der Waals surface area contributed by atoms with Gasteiger partial charge in [0.05, 0.1) is 13.0 Å². The summed E-state index contributed by atoms with van der Waals surface area (Å²) in [6.07, 6.45) is 1.70. The Morgan fingerprint density at radius 1 is 1.03 bits per heavy atom. The first-order valence-corrected chi connectivity index (χ1v) is 10.6. The Morgan fingerprint density at radius 2 is 1.83 bits per heavy atom. The molecule has 2 aromatic carbocycles. The van der Waals surface area contributed by atoms with Gasteiger partial charge in [0, 0.05) is 40.8 Å². The molecule has 2 aromatic heterocycles. The molecule has 0 aliphatic carbocycles. The first kappa shape index (κ1) is 23.8. The zero-order valence-electron chi connectivity index (χ0n) is 18.6. The van der Waals surface area contributed by atoms with Crippen LogP contribution >= 0.6 is 0 Å². The second-order valence-electron chi connectivity index (χ2n) is 7.81. The number of phenols is 1. The van der Waals surface area contributed by atoms with Gasteiger partial charge in [-0.1, -0.05) is 6.07 Å². The zero-order valence-corrected chi connectivity index (χ0v) is 18.6. The molecule has 1 amide bonds. The van der Waals surface area contributed by atoms with Crippen LogP contribution in [0.15, 0.2) is 60.8 Å². The minimum absolute atomic E-state index is 0.0277. The van der Waals surface area contributed by atoms with E-state index in [1.54, 1.807) is 42.1 Å². The van der Waals surface area contributed by atoms with Gasteiger partial charge in [-0.3, -0.25) is 14.5 Å². The van der Waals surface area contributed by atoms with Gasteiger partial charge in [-0.05, 0) is 43.3 Å². The van der Waals surface area contributed by atoms with Crippen LogP contribution in [0.2, 0.25) is 0 Å². The van der Waals surface area contributed by atoms with Crippen LogP contribution in [0.5, 0.6) is 11.5 Å². The number of rotatable bonds is 8. The number of ether oxygens (including phenoxy) is 1. The maximum atomic E-state index is 14.0. The molecule has 180 valence electrons. The molecule has 0 aliphatic heterocycles. The third-order valence-electron chi connectivity index (χ3n) is 5.15. The van der Waals surface area contributed by atoms with Gasteiger partial charge in [-0.15, -0.1) is 0 Å². The summed E-state index contributed by atoms with van der Waals surface area (Å²) in [7, 11) is 0. The lowest BCUT2D eigenvalue weighted by Crippen LogP contribution is -2.16. The van der Waals surface area contributed by atoms with E-state index in [9.17, 15) is 23.1 Å². The molecule has 0 aliphatic rings. The Balaban J connectivity index is 1.47. The molecule has 0 fully saturated rings. The Labute approximate surface area is 198 Å². The normalized spacial score (nSPS) is 10.9. The summed E-state index contributed by atoms with van der Waals surface area (Å²) in [5.41, 5.74) is 1.70. The van der Waals surface area contributed by atoms with Crippen molar-refractivity contribution < 1.29 is 27.8 Å². The highest BCUT2D eigenvalue weighted by molar-refractivity contribution is 5.91. The number of halogens is 3. The van der Waals surface area contributed by atoms with Crippen LogP contribution in [0.3, 0.4) is 0 Å². The van der Waals surface area contributed by atoms with Crippen molar-refractivity contribution >= 4 is 11.7 Å². The number of nitrogens with one attached hydrogen (secondary N) is 1. The predicted octanol–water partition coefficient (Wildman–Crippen LogP) is 4.52. The number of nitrogens with zero attached hydrogens (tertiary/aromatic N) is 3. The molecule has 0 spiro atoms. The van der Waals surface area contributed by atoms with E-state index in [4.69, 9.17) is 4.74 Å². The number of aryl methyl sites for hydroxylation is 1. The second kappa shape index (κ2) is 10.3. The third kappa shape index (κ3) is 5.97. The first-order valence-electron chi connectivity index (χ1n) is 10.6. The maximum Gasteiger partial charge on any atom is 0.231 e. The van der Waals surface area contributed by atoms with E-state index in [-0.39, 0.29) is 36.8 Å². The number of benzene rings is 2. The number of pyridine rings is 1. The first-order chi connectivity index (χ1) is 16.8. The minimum atomic E-state index is -1.28. The molecule has 4 rings (SSSR count). The molecule has 0 unspecified atom stereocenters. The summed E-state index contributed by atoms with van der Waals surface area (Å²) in [5, 5.41) is 17.1. The summed E-state index contributed by atoms with van der Waals surface area (Å²) >= 11 is 0. The fourth-order valence-corrected chi connectivity index (χ4v) is 3.41. The molecule has 35 heavy (non-hydrogen) atoms. The van der Waals surface area contributed by atoms with Gasteiger partial charge >= 0.3 is 0 Å². The molecule has 0 radical (unpaired) electrons. The van der Waals surface area contributed by atoms with Crippen molar-refractivity contribution in [2.75, 3.05) is 5.32 Å². The number of aromatic hydroxyl groups is 1. The molecular formula is C25H21F3N4O3. The summed E-state index contributed by atoms with van der Waals surface area (Å²) in [6.45, 7) is 1.60. The highest BCUT2D eigenvalue weighted by Crippen LogP contribution is 2.27. The summed E-state index contributed by atoms with van der Waals surface area (Å²) in [4.78, 5) is 16.4. The lowest BCUT2D eigenvalue weighted by atomic mass is 10.1. The smallest absolute Gasteiger partial charge is 0.231 e. The van der Waals surface area contributed by atoms with Gasteiger partial charge in [-0.25, -0.2) is 13.2 Å². The summed E-state index contributed by atoms with van der Waals surface area (Å²) < 4.78 is 47.9. The largest absolute Gasteiger partial charge is 0.508 e. The van der Waals surface area contributed by atoms with Crippen LogP contribution in [0.4, 0.5) is 19.0 Å². The second-order valence-corrected chi connectivity index (χ2v) is 7.81. The van der Waals surface area contributed by atoms with Gasteiger partial charge in [0.2, 0.25) is 5.91 Å². The van der Waals surface area contributed by atoms with Crippen LogP contribution in [0.1, 0.15) is 22.5 Å². The van der Waals surface area contributed by atoms with E-state index >= 15 is 0 Å². The highest BCUT2D eigenvalue weighted by atomic mass is 19.2. The van der Waals surface area contributed by atoms with Gasteiger partial charge in [-0.2, -0.15) is 5.10 Å². The number of aromatic nitrogens is 3. The average molecular weight is 482 g/mol. The highest BCUT2D eigenvalue weighted by Gasteiger charge is 2.14. The molecule has 0 atom stereocenters. The lowest BCUT2D eigenvalue weighted by Gasteiger charge is -2.13. The number of anilines is 1. The van der Waals surface area contributed by atoms with Gasteiger partial charge in [0.25, 0.3) is 0 Å². The van der Waals surface area contributed by atoms with Gasteiger partial charge in [0.1, 0.15) is 23.9 Å². The van der Waals surface area contributed by atoms with E-state index < -0.39 is 17.5 Å². The van der Waals surface area contributed by atoms with Crippen molar-refractivity contribution in [3.05, 3.63) is 101 Å². The number of carbonyl (C=O) groups is 1. The van der Waals surface area contributed by atoms with Crippen LogP contribution in [-0.4, -0.2) is 25.8 Å². The van der Waals surface area contributed by atoms with E-state index in [1.807, 2.05) is 0 Å². The van der Waals surface area contributed by atoms with Gasteiger partial charge < -0.3 is 15.2 Å². The average Bonchev–Trinajstić information content (AvgIpc) is 3.15. The van der Waals surface area contributed by atoms with Crippen LogP contribution in [-0.2, 0) is 24.4 Å². The molecule has 2 heterocycles.